The Balaban J connectivity index is 1.28. The van der Waals surface area contributed by atoms with E-state index in [1.165, 1.54) is 10.7 Å². The summed E-state index contributed by atoms with van der Waals surface area (Å²) >= 11 is 0. The average molecular weight is 565 g/mol. The zero-order chi connectivity index (χ0) is 28.4. The first-order valence-corrected chi connectivity index (χ1v) is 14.4. The molecule has 0 aliphatic carbocycles. The van der Waals surface area contributed by atoms with Gasteiger partial charge < -0.3 is 19.3 Å². The summed E-state index contributed by atoms with van der Waals surface area (Å²) in [5.74, 6) is -1.57. The molecule has 3 aromatic rings. The van der Waals surface area contributed by atoms with E-state index in [0.717, 1.165) is 43.4 Å². The van der Waals surface area contributed by atoms with E-state index >= 15 is 0 Å². The summed E-state index contributed by atoms with van der Waals surface area (Å²) in [6, 6.07) is 15.0. The summed E-state index contributed by atoms with van der Waals surface area (Å²) in [6.45, 7) is 2.68. The monoisotopic (exact) mass is 564 g/mol. The number of hydrogen-bond donors (Lipinski definition) is 0. The highest BCUT2D eigenvalue weighted by molar-refractivity contribution is 5.95. The normalized spacial score (nSPS) is 19.5. The number of anilines is 2. The van der Waals surface area contributed by atoms with E-state index in [4.69, 9.17) is 14.6 Å². The van der Waals surface area contributed by atoms with Crippen LogP contribution in [0.4, 0.5) is 20.2 Å². The van der Waals surface area contributed by atoms with Crippen molar-refractivity contribution in [3.63, 3.8) is 0 Å². The summed E-state index contributed by atoms with van der Waals surface area (Å²) in [7, 11) is 0. The lowest BCUT2D eigenvalue weighted by molar-refractivity contribution is -0.121. The molecule has 8 nitrogen and oxygen atoms in total. The smallest absolute Gasteiger partial charge is 0.269 e. The third-order valence-electron chi connectivity index (χ3n) is 8.52. The SMILES string of the molecule is O=C1CCCC2(CCN(c3cc(=O)n(Cc4ccccc4)nc3OC3CCOCC3)CC2)N1c1ccc(F)c(F)c1. The lowest BCUT2D eigenvalue weighted by Crippen LogP contribution is -2.60. The minimum absolute atomic E-state index is 0.0614. The van der Waals surface area contributed by atoms with Crippen LogP contribution in [0.5, 0.6) is 5.88 Å². The first-order valence-electron chi connectivity index (χ1n) is 14.4. The Hall–Kier alpha value is -3.79. The third-order valence-corrected chi connectivity index (χ3v) is 8.52. The van der Waals surface area contributed by atoms with Gasteiger partial charge in [-0.05, 0) is 43.4 Å². The Morgan fingerprint density at radius 2 is 1.71 bits per heavy atom. The molecule has 2 aromatic carbocycles. The van der Waals surface area contributed by atoms with E-state index in [2.05, 4.69) is 4.90 Å². The molecular weight excluding hydrogens is 530 g/mol. The van der Waals surface area contributed by atoms with Gasteiger partial charge >= 0.3 is 0 Å². The molecule has 1 aromatic heterocycles. The van der Waals surface area contributed by atoms with Crippen molar-refractivity contribution in [1.29, 1.82) is 0 Å². The standard InChI is InChI=1S/C31H34F2N4O4/c32-25-9-8-23(19-26(25)33)37-28(38)7-4-12-31(37)13-15-35(16-14-31)27-20-29(39)36(21-22-5-2-1-3-6-22)34-30(27)41-24-10-17-40-18-11-24/h1-3,5-6,8-9,19-20,24H,4,7,10-18,21H2. The van der Waals surface area contributed by atoms with Gasteiger partial charge in [0, 0.05) is 50.2 Å². The van der Waals surface area contributed by atoms with Crippen molar-refractivity contribution in [2.24, 2.45) is 0 Å². The molecule has 0 atom stereocenters. The molecule has 3 fully saturated rings. The fourth-order valence-corrected chi connectivity index (χ4v) is 6.33. The van der Waals surface area contributed by atoms with E-state index in [9.17, 15) is 18.4 Å². The van der Waals surface area contributed by atoms with Crippen LogP contribution in [0.25, 0.3) is 0 Å². The van der Waals surface area contributed by atoms with Crippen LogP contribution >= 0.6 is 0 Å². The van der Waals surface area contributed by atoms with Crippen molar-refractivity contribution in [3.8, 4) is 5.88 Å². The Bertz CT molecular complexity index is 1450. The highest BCUT2D eigenvalue weighted by Gasteiger charge is 2.45. The van der Waals surface area contributed by atoms with Crippen LogP contribution in [-0.2, 0) is 16.1 Å². The first kappa shape index (κ1) is 27.4. The van der Waals surface area contributed by atoms with E-state index in [1.54, 1.807) is 11.0 Å². The maximum atomic E-state index is 14.2. The summed E-state index contributed by atoms with van der Waals surface area (Å²) in [5.41, 5.74) is 1.26. The molecule has 1 spiro atoms. The molecule has 0 saturated carbocycles. The predicted molar refractivity (Wildman–Crippen MR) is 150 cm³/mol. The van der Waals surface area contributed by atoms with Crippen LogP contribution in [0.1, 0.15) is 50.5 Å². The quantitative estimate of drug-likeness (QED) is 0.433. The van der Waals surface area contributed by atoms with Crippen LogP contribution in [-0.4, -0.2) is 53.6 Å². The topological polar surface area (TPSA) is 76.9 Å². The third kappa shape index (κ3) is 5.70. The van der Waals surface area contributed by atoms with Gasteiger partial charge in [0.15, 0.2) is 11.6 Å². The number of nitrogens with zero attached hydrogens (tertiary/aromatic N) is 4. The molecule has 41 heavy (non-hydrogen) atoms. The van der Waals surface area contributed by atoms with Gasteiger partial charge in [-0.3, -0.25) is 9.59 Å². The molecule has 1 amide bonds. The molecular formula is C31H34F2N4O4. The van der Waals surface area contributed by atoms with Crippen molar-refractivity contribution in [3.05, 3.63) is 82.1 Å². The number of piperidine rings is 2. The van der Waals surface area contributed by atoms with E-state index in [1.807, 2.05) is 30.3 Å². The molecule has 6 rings (SSSR count). The highest BCUT2D eigenvalue weighted by atomic mass is 19.2. The maximum absolute atomic E-state index is 14.2. The van der Waals surface area contributed by atoms with Gasteiger partial charge in [0.1, 0.15) is 11.8 Å². The fraction of sp³-hybridized carbons (Fsp3) is 0.452. The van der Waals surface area contributed by atoms with E-state index < -0.39 is 17.2 Å². The van der Waals surface area contributed by atoms with Crippen molar-refractivity contribution in [1.82, 2.24) is 9.78 Å². The number of halogens is 2. The second-order valence-corrected chi connectivity index (χ2v) is 11.1. The van der Waals surface area contributed by atoms with Crippen molar-refractivity contribution >= 4 is 17.3 Å². The Kier molecular flexibility index (Phi) is 7.75. The first-order chi connectivity index (χ1) is 19.9. The lowest BCUT2D eigenvalue weighted by atomic mass is 9.77. The molecule has 0 bridgehead atoms. The van der Waals surface area contributed by atoms with Crippen LogP contribution in [0.15, 0.2) is 59.4 Å². The van der Waals surface area contributed by atoms with Gasteiger partial charge in [-0.2, -0.15) is 0 Å². The number of carbonyl (C=O) groups is 1. The molecule has 3 aliphatic rings. The zero-order valence-electron chi connectivity index (χ0n) is 22.9. The van der Waals surface area contributed by atoms with Gasteiger partial charge in [0.05, 0.1) is 25.3 Å². The minimum atomic E-state index is -0.967. The van der Waals surface area contributed by atoms with E-state index in [0.29, 0.717) is 69.4 Å². The highest BCUT2D eigenvalue weighted by Crippen LogP contribution is 2.43. The summed E-state index contributed by atoms with van der Waals surface area (Å²) in [6.07, 6.45) is 4.54. The Morgan fingerprint density at radius 1 is 0.951 bits per heavy atom. The van der Waals surface area contributed by atoms with Gasteiger partial charge in [0.2, 0.25) is 5.91 Å². The molecule has 3 aliphatic heterocycles. The number of ether oxygens (including phenoxy) is 2. The molecule has 216 valence electrons. The molecule has 0 radical (unpaired) electrons. The molecule has 0 N–H and O–H groups in total. The van der Waals surface area contributed by atoms with Gasteiger partial charge in [0.25, 0.3) is 11.4 Å². The number of aromatic nitrogens is 2. The molecule has 0 unspecified atom stereocenters. The Morgan fingerprint density at radius 3 is 2.44 bits per heavy atom. The van der Waals surface area contributed by atoms with Crippen molar-refractivity contribution in [2.75, 3.05) is 36.1 Å². The lowest BCUT2D eigenvalue weighted by Gasteiger charge is -2.51. The second kappa shape index (κ2) is 11.6. The van der Waals surface area contributed by atoms with E-state index in [-0.39, 0.29) is 17.6 Å². The molecule has 10 heteroatoms. The summed E-state index contributed by atoms with van der Waals surface area (Å²) in [4.78, 5) is 30.2. The fourth-order valence-electron chi connectivity index (χ4n) is 6.33. The summed E-state index contributed by atoms with van der Waals surface area (Å²) < 4.78 is 41.2. The predicted octanol–water partition coefficient (Wildman–Crippen LogP) is 4.68. The van der Waals surface area contributed by atoms with Crippen molar-refractivity contribution in [2.45, 2.75) is 63.1 Å². The van der Waals surface area contributed by atoms with Gasteiger partial charge in [-0.1, -0.05) is 30.3 Å². The second-order valence-electron chi connectivity index (χ2n) is 11.1. The zero-order valence-corrected chi connectivity index (χ0v) is 22.9. The number of hydrogen-bond acceptors (Lipinski definition) is 6. The average Bonchev–Trinajstić information content (AvgIpc) is 2.98. The van der Waals surface area contributed by atoms with Crippen LogP contribution in [0, 0.1) is 11.6 Å². The van der Waals surface area contributed by atoms with Crippen molar-refractivity contribution < 1.29 is 23.0 Å². The van der Waals surface area contributed by atoms with Crippen LogP contribution < -0.4 is 20.1 Å². The number of amides is 1. The summed E-state index contributed by atoms with van der Waals surface area (Å²) in [5, 5.41) is 4.69. The number of benzene rings is 2. The van der Waals surface area contributed by atoms with Crippen LogP contribution in [0.3, 0.4) is 0 Å². The maximum Gasteiger partial charge on any atom is 0.269 e. The molecule has 3 saturated heterocycles. The largest absolute Gasteiger partial charge is 0.472 e. The van der Waals surface area contributed by atoms with Gasteiger partial charge in [-0.15, -0.1) is 5.10 Å². The van der Waals surface area contributed by atoms with Gasteiger partial charge in [-0.25, -0.2) is 13.5 Å². The van der Waals surface area contributed by atoms with Crippen LogP contribution in [0.2, 0.25) is 0 Å². The Labute approximate surface area is 237 Å². The molecule has 4 heterocycles. The number of rotatable bonds is 6. The minimum Gasteiger partial charge on any atom is -0.472 e. The number of carbonyl (C=O) groups excluding carboxylic acids is 1.